The van der Waals surface area contributed by atoms with Gasteiger partial charge in [0.1, 0.15) is 23.9 Å². The highest BCUT2D eigenvalue weighted by Gasteiger charge is 2.23. The van der Waals surface area contributed by atoms with Gasteiger partial charge in [-0.2, -0.15) is 0 Å². The molecule has 1 aliphatic rings. The van der Waals surface area contributed by atoms with Gasteiger partial charge in [0, 0.05) is 11.3 Å². The smallest absolute Gasteiger partial charge is 0.265 e. The number of fused-ring (bicyclic) bond motifs is 1. The largest absolute Gasteiger partial charge is 0.489 e. The van der Waals surface area contributed by atoms with Crippen LogP contribution in [-0.2, 0) is 11.4 Å². The van der Waals surface area contributed by atoms with Crippen molar-refractivity contribution in [3.8, 4) is 11.5 Å². The first kappa shape index (κ1) is 19.5. The molecule has 0 saturated heterocycles. The summed E-state index contributed by atoms with van der Waals surface area (Å²) >= 11 is 0. The Balaban J connectivity index is 1.45. The van der Waals surface area contributed by atoms with Gasteiger partial charge in [-0.25, -0.2) is 0 Å². The lowest BCUT2D eigenvalue weighted by molar-refractivity contribution is -0.122. The Morgan fingerprint density at radius 2 is 2.07 bits per heavy atom. The number of nitrogens with one attached hydrogen (secondary N) is 2. The molecule has 8 nitrogen and oxygen atoms in total. The predicted octanol–water partition coefficient (Wildman–Crippen LogP) is 3.84. The number of ether oxygens (including phenoxy) is 2. The average Bonchev–Trinajstić information content (AvgIpc) is 3.05. The van der Waals surface area contributed by atoms with Crippen molar-refractivity contribution in [2.75, 3.05) is 10.6 Å². The zero-order chi connectivity index (χ0) is 21.3. The maximum Gasteiger partial charge on any atom is 0.265 e. The van der Waals surface area contributed by atoms with Crippen molar-refractivity contribution in [3.05, 3.63) is 65.0 Å². The number of hydrogen-bond acceptors (Lipinski definition) is 6. The second-order valence-corrected chi connectivity index (χ2v) is 7.03. The molecule has 0 aliphatic carbocycles. The van der Waals surface area contributed by atoms with E-state index >= 15 is 0 Å². The van der Waals surface area contributed by atoms with Gasteiger partial charge >= 0.3 is 0 Å². The molecule has 1 unspecified atom stereocenters. The molecule has 0 bridgehead atoms. The SMILES string of the molecule is Cc1noc(C)c1COc1cccc(C(=O)Nc2ccc3c(c2)NC(=O)C(C)O3)c1. The summed E-state index contributed by atoms with van der Waals surface area (Å²) in [5.74, 6) is 1.31. The van der Waals surface area contributed by atoms with Crippen LogP contribution in [0.25, 0.3) is 0 Å². The molecule has 154 valence electrons. The molecule has 0 spiro atoms. The van der Waals surface area contributed by atoms with Crippen molar-refractivity contribution in [3.63, 3.8) is 0 Å². The van der Waals surface area contributed by atoms with Crippen molar-refractivity contribution in [1.29, 1.82) is 0 Å². The van der Waals surface area contributed by atoms with Crippen LogP contribution in [0.5, 0.6) is 11.5 Å². The molecular formula is C22H21N3O5. The maximum absolute atomic E-state index is 12.7. The lowest BCUT2D eigenvalue weighted by Gasteiger charge is -2.23. The van der Waals surface area contributed by atoms with Crippen molar-refractivity contribution in [2.45, 2.75) is 33.5 Å². The Morgan fingerprint density at radius 1 is 1.23 bits per heavy atom. The molecule has 30 heavy (non-hydrogen) atoms. The van der Waals surface area contributed by atoms with E-state index in [0.717, 1.165) is 11.3 Å². The summed E-state index contributed by atoms with van der Waals surface area (Å²) in [7, 11) is 0. The molecule has 8 heteroatoms. The first-order chi connectivity index (χ1) is 14.4. The highest BCUT2D eigenvalue weighted by molar-refractivity contribution is 6.05. The number of aryl methyl sites for hydroxylation is 2. The Kier molecular flexibility index (Phi) is 5.14. The van der Waals surface area contributed by atoms with Crippen LogP contribution in [0.2, 0.25) is 0 Å². The molecule has 0 fully saturated rings. The fourth-order valence-corrected chi connectivity index (χ4v) is 3.08. The normalized spacial score (nSPS) is 15.0. The lowest BCUT2D eigenvalue weighted by Crippen LogP contribution is -2.34. The molecule has 2 aromatic carbocycles. The van der Waals surface area contributed by atoms with Crippen LogP contribution in [-0.4, -0.2) is 23.1 Å². The van der Waals surface area contributed by atoms with Crippen LogP contribution >= 0.6 is 0 Å². The second kappa shape index (κ2) is 7.90. The summed E-state index contributed by atoms with van der Waals surface area (Å²) in [5, 5.41) is 9.49. The van der Waals surface area contributed by atoms with E-state index in [1.54, 1.807) is 49.4 Å². The molecule has 0 saturated carbocycles. The van der Waals surface area contributed by atoms with Crippen LogP contribution in [0.3, 0.4) is 0 Å². The molecule has 1 aliphatic heterocycles. The standard InChI is InChI=1S/C22H21N3O5/c1-12-18(13(2)30-25-12)11-28-17-6-4-5-15(9-17)22(27)23-16-7-8-20-19(10-16)24-21(26)14(3)29-20/h4-10,14H,11H2,1-3H3,(H,23,27)(H,24,26). The Bertz CT molecular complexity index is 1100. The maximum atomic E-state index is 12.7. The molecule has 1 atom stereocenters. The van der Waals surface area contributed by atoms with Crippen molar-refractivity contribution >= 4 is 23.2 Å². The fraction of sp³-hybridized carbons (Fsp3) is 0.227. The van der Waals surface area contributed by atoms with Crippen LogP contribution in [0.15, 0.2) is 47.0 Å². The third kappa shape index (κ3) is 3.98. The van der Waals surface area contributed by atoms with Crippen molar-refractivity contribution < 1.29 is 23.6 Å². The topological polar surface area (TPSA) is 103 Å². The van der Waals surface area contributed by atoms with Gasteiger partial charge in [-0.3, -0.25) is 9.59 Å². The van der Waals surface area contributed by atoms with E-state index in [2.05, 4.69) is 15.8 Å². The number of carbonyl (C=O) groups excluding carboxylic acids is 2. The predicted molar refractivity (Wildman–Crippen MR) is 110 cm³/mol. The Morgan fingerprint density at radius 3 is 2.83 bits per heavy atom. The van der Waals surface area contributed by atoms with E-state index in [-0.39, 0.29) is 11.8 Å². The van der Waals surface area contributed by atoms with Gasteiger partial charge in [0.25, 0.3) is 11.8 Å². The van der Waals surface area contributed by atoms with Gasteiger partial charge < -0.3 is 24.6 Å². The number of aromatic nitrogens is 1. The number of carbonyl (C=O) groups is 2. The minimum Gasteiger partial charge on any atom is -0.489 e. The zero-order valence-electron chi connectivity index (χ0n) is 16.8. The molecule has 2 amide bonds. The van der Waals surface area contributed by atoms with Gasteiger partial charge in [0.15, 0.2) is 6.10 Å². The second-order valence-electron chi connectivity index (χ2n) is 7.03. The van der Waals surface area contributed by atoms with Gasteiger partial charge in [-0.1, -0.05) is 11.2 Å². The number of rotatable bonds is 5. The highest BCUT2D eigenvalue weighted by Crippen LogP contribution is 2.32. The molecule has 0 radical (unpaired) electrons. The van der Waals surface area contributed by atoms with Crippen LogP contribution in [0, 0.1) is 13.8 Å². The van der Waals surface area contributed by atoms with Gasteiger partial charge in [0.2, 0.25) is 0 Å². The summed E-state index contributed by atoms with van der Waals surface area (Å²) < 4.78 is 16.5. The van der Waals surface area contributed by atoms with E-state index < -0.39 is 6.10 Å². The van der Waals surface area contributed by atoms with Crippen LogP contribution in [0.4, 0.5) is 11.4 Å². The average molecular weight is 407 g/mol. The molecule has 1 aromatic heterocycles. The lowest BCUT2D eigenvalue weighted by atomic mass is 10.1. The number of hydrogen-bond donors (Lipinski definition) is 2. The van der Waals surface area contributed by atoms with Gasteiger partial charge in [-0.05, 0) is 57.2 Å². The summed E-state index contributed by atoms with van der Waals surface area (Å²) in [6, 6.07) is 12.0. The van der Waals surface area contributed by atoms with Crippen molar-refractivity contribution in [1.82, 2.24) is 5.16 Å². The Hall–Kier alpha value is -3.81. The fourth-order valence-electron chi connectivity index (χ4n) is 3.08. The summed E-state index contributed by atoms with van der Waals surface area (Å²) in [4.78, 5) is 24.5. The summed E-state index contributed by atoms with van der Waals surface area (Å²) in [5.41, 5.74) is 3.17. The van der Waals surface area contributed by atoms with E-state index in [9.17, 15) is 9.59 Å². The first-order valence-corrected chi connectivity index (χ1v) is 9.48. The molecule has 2 N–H and O–H groups in total. The first-order valence-electron chi connectivity index (χ1n) is 9.48. The zero-order valence-corrected chi connectivity index (χ0v) is 16.8. The quantitative estimate of drug-likeness (QED) is 0.666. The summed E-state index contributed by atoms with van der Waals surface area (Å²) in [6.45, 7) is 5.66. The van der Waals surface area contributed by atoms with E-state index in [0.29, 0.717) is 40.8 Å². The van der Waals surface area contributed by atoms with E-state index in [1.165, 1.54) is 0 Å². The highest BCUT2D eigenvalue weighted by atomic mass is 16.5. The Labute approximate surface area is 173 Å². The van der Waals surface area contributed by atoms with Crippen LogP contribution in [0.1, 0.15) is 34.3 Å². The van der Waals surface area contributed by atoms with E-state index in [1.807, 2.05) is 13.8 Å². The third-order valence-corrected chi connectivity index (χ3v) is 4.83. The number of nitrogens with zero attached hydrogens (tertiary/aromatic N) is 1. The minimum absolute atomic E-state index is 0.228. The molecule has 3 aromatic rings. The molecule has 2 heterocycles. The van der Waals surface area contributed by atoms with Crippen LogP contribution < -0.4 is 20.1 Å². The number of anilines is 2. The number of benzene rings is 2. The molecular weight excluding hydrogens is 386 g/mol. The van der Waals surface area contributed by atoms with Crippen molar-refractivity contribution in [2.24, 2.45) is 0 Å². The third-order valence-electron chi connectivity index (χ3n) is 4.83. The molecule has 4 rings (SSSR count). The number of amides is 2. The summed E-state index contributed by atoms with van der Waals surface area (Å²) in [6.07, 6.45) is -0.550. The van der Waals surface area contributed by atoms with Gasteiger partial charge in [0.05, 0.1) is 16.9 Å². The van der Waals surface area contributed by atoms with Gasteiger partial charge in [-0.15, -0.1) is 0 Å². The monoisotopic (exact) mass is 407 g/mol. The van der Waals surface area contributed by atoms with E-state index in [4.69, 9.17) is 14.0 Å². The minimum atomic E-state index is -0.550.